The Morgan fingerprint density at radius 1 is 1.05 bits per heavy atom. The summed E-state index contributed by atoms with van der Waals surface area (Å²) in [6, 6.07) is 12.0. The highest BCUT2D eigenvalue weighted by Gasteiger charge is 2.13. The first-order valence-electron chi connectivity index (χ1n) is 7.34. The second-order valence-corrected chi connectivity index (χ2v) is 5.49. The van der Waals surface area contributed by atoms with Crippen LogP contribution < -0.4 is 4.74 Å². The van der Waals surface area contributed by atoms with Crippen molar-refractivity contribution in [2.24, 2.45) is 0 Å². The van der Waals surface area contributed by atoms with Crippen LogP contribution in [0.25, 0.3) is 0 Å². The molecular weight excluding hydrogens is 260 g/mol. The third-order valence-electron chi connectivity index (χ3n) is 3.63. The number of ketones is 1. The first-order chi connectivity index (χ1) is 10.0. The maximum absolute atomic E-state index is 12.4. The van der Waals surface area contributed by atoms with Crippen molar-refractivity contribution in [2.45, 2.75) is 34.1 Å². The maximum Gasteiger partial charge on any atom is 0.200 e. The van der Waals surface area contributed by atoms with Gasteiger partial charge in [-0.15, -0.1) is 0 Å². The predicted octanol–water partition coefficient (Wildman–Crippen LogP) is 4.44. The molecule has 0 amide bonds. The molecule has 0 aliphatic heterocycles. The Bertz CT molecular complexity index is 633. The quantitative estimate of drug-likeness (QED) is 0.758. The number of benzene rings is 2. The van der Waals surface area contributed by atoms with Gasteiger partial charge in [0.2, 0.25) is 5.78 Å². The monoisotopic (exact) mass is 282 g/mol. The van der Waals surface area contributed by atoms with Crippen LogP contribution in [0.5, 0.6) is 5.75 Å². The van der Waals surface area contributed by atoms with E-state index in [1.807, 2.05) is 51.1 Å². The Morgan fingerprint density at radius 2 is 1.71 bits per heavy atom. The van der Waals surface area contributed by atoms with Gasteiger partial charge in [0.1, 0.15) is 5.75 Å². The second-order valence-electron chi connectivity index (χ2n) is 5.49. The highest BCUT2D eigenvalue weighted by atomic mass is 16.5. The molecule has 110 valence electrons. The van der Waals surface area contributed by atoms with Gasteiger partial charge in [0, 0.05) is 5.56 Å². The fourth-order valence-corrected chi connectivity index (χ4v) is 2.70. The number of aryl methyl sites for hydroxylation is 4. The van der Waals surface area contributed by atoms with Crippen LogP contribution in [0, 0.1) is 20.8 Å². The standard InChI is InChI=1S/C19H22O2/c1-5-16-7-6-8-17(11-16)21-12-18(20)19-14(3)9-13(2)10-15(19)4/h6-11H,5,12H2,1-4H3. The molecule has 0 aliphatic rings. The molecule has 0 saturated heterocycles. The number of carbonyl (C=O) groups is 1. The van der Waals surface area contributed by atoms with E-state index in [9.17, 15) is 4.79 Å². The van der Waals surface area contributed by atoms with Crippen LogP contribution in [0.2, 0.25) is 0 Å². The lowest BCUT2D eigenvalue weighted by molar-refractivity contribution is 0.0920. The van der Waals surface area contributed by atoms with E-state index in [0.717, 1.165) is 28.9 Å². The lowest BCUT2D eigenvalue weighted by Gasteiger charge is -2.11. The van der Waals surface area contributed by atoms with Crippen molar-refractivity contribution < 1.29 is 9.53 Å². The number of carbonyl (C=O) groups excluding carboxylic acids is 1. The molecule has 0 saturated carbocycles. The van der Waals surface area contributed by atoms with Gasteiger partial charge in [-0.05, 0) is 56.0 Å². The number of hydrogen-bond acceptors (Lipinski definition) is 2. The zero-order chi connectivity index (χ0) is 15.4. The average molecular weight is 282 g/mol. The van der Waals surface area contributed by atoms with E-state index in [1.54, 1.807) is 0 Å². The number of Topliss-reactive ketones (excluding diaryl/α,β-unsaturated/α-hetero) is 1. The van der Waals surface area contributed by atoms with E-state index >= 15 is 0 Å². The Kier molecular flexibility index (Phi) is 4.79. The smallest absolute Gasteiger partial charge is 0.200 e. The van der Waals surface area contributed by atoms with Crippen LogP contribution in [0.1, 0.15) is 39.5 Å². The fourth-order valence-electron chi connectivity index (χ4n) is 2.70. The van der Waals surface area contributed by atoms with Gasteiger partial charge in [-0.1, -0.05) is 36.8 Å². The first kappa shape index (κ1) is 15.3. The third-order valence-corrected chi connectivity index (χ3v) is 3.63. The van der Waals surface area contributed by atoms with E-state index in [4.69, 9.17) is 4.74 Å². The summed E-state index contributed by atoms with van der Waals surface area (Å²) < 4.78 is 5.66. The maximum atomic E-state index is 12.4. The van der Waals surface area contributed by atoms with Gasteiger partial charge >= 0.3 is 0 Å². The summed E-state index contributed by atoms with van der Waals surface area (Å²) in [4.78, 5) is 12.4. The van der Waals surface area contributed by atoms with Crippen molar-refractivity contribution in [3.8, 4) is 5.75 Å². The average Bonchev–Trinajstić information content (AvgIpc) is 2.44. The molecule has 2 heteroatoms. The van der Waals surface area contributed by atoms with Gasteiger partial charge in [-0.25, -0.2) is 0 Å². The van der Waals surface area contributed by atoms with Crippen LogP contribution >= 0.6 is 0 Å². The molecule has 2 aromatic carbocycles. The van der Waals surface area contributed by atoms with Crippen LogP contribution in [-0.4, -0.2) is 12.4 Å². The van der Waals surface area contributed by atoms with Gasteiger partial charge in [0.05, 0.1) is 0 Å². The first-order valence-corrected chi connectivity index (χ1v) is 7.34. The number of rotatable bonds is 5. The Hall–Kier alpha value is -2.09. The highest BCUT2D eigenvalue weighted by molar-refractivity contribution is 6.00. The molecular formula is C19H22O2. The predicted molar refractivity (Wildman–Crippen MR) is 86.3 cm³/mol. The number of hydrogen-bond donors (Lipinski definition) is 0. The van der Waals surface area contributed by atoms with Gasteiger partial charge in [-0.3, -0.25) is 4.79 Å². The lowest BCUT2D eigenvalue weighted by Crippen LogP contribution is -2.14. The molecule has 2 rings (SSSR count). The van der Waals surface area contributed by atoms with E-state index in [-0.39, 0.29) is 12.4 Å². The zero-order valence-corrected chi connectivity index (χ0v) is 13.2. The van der Waals surface area contributed by atoms with Crippen LogP contribution in [0.3, 0.4) is 0 Å². The summed E-state index contributed by atoms with van der Waals surface area (Å²) in [5, 5.41) is 0. The van der Waals surface area contributed by atoms with Gasteiger partial charge < -0.3 is 4.74 Å². The van der Waals surface area contributed by atoms with Gasteiger partial charge in [0.25, 0.3) is 0 Å². The van der Waals surface area contributed by atoms with Crippen molar-refractivity contribution in [3.63, 3.8) is 0 Å². The normalized spacial score (nSPS) is 10.5. The summed E-state index contributed by atoms with van der Waals surface area (Å²) in [5.74, 6) is 0.789. The molecule has 2 aromatic rings. The minimum Gasteiger partial charge on any atom is -0.485 e. The fraction of sp³-hybridized carbons (Fsp3) is 0.316. The van der Waals surface area contributed by atoms with Crippen LogP contribution in [-0.2, 0) is 6.42 Å². The van der Waals surface area contributed by atoms with Crippen LogP contribution in [0.4, 0.5) is 0 Å². The van der Waals surface area contributed by atoms with Crippen molar-refractivity contribution >= 4 is 5.78 Å². The second kappa shape index (κ2) is 6.57. The lowest BCUT2D eigenvalue weighted by atomic mass is 9.97. The van der Waals surface area contributed by atoms with Crippen LogP contribution in [0.15, 0.2) is 36.4 Å². The molecule has 0 heterocycles. The number of ether oxygens (including phenoxy) is 1. The SMILES string of the molecule is CCc1cccc(OCC(=O)c2c(C)cc(C)cc2C)c1. The zero-order valence-electron chi connectivity index (χ0n) is 13.2. The highest BCUT2D eigenvalue weighted by Crippen LogP contribution is 2.18. The van der Waals surface area contributed by atoms with Gasteiger partial charge in [-0.2, -0.15) is 0 Å². The molecule has 0 unspecified atom stereocenters. The molecule has 21 heavy (non-hydrogen) atoms. The summed E-state index contributed by atoms with van der Waals surface area (Å²) >= 11 is 0. The molecule has 0 aliphatic carbocycles. The summed E-state index contributed by atoms with van der Waals surface area (Å²) in [6.45, 7) is 8.18. The minimum absolute atomic E-state index is 0.0342. The molecule has 0 bridgehead atoms. The molecule has 0 spiro atoms. The van der Waals surface area contributed by atoms with E-state index in [0.29, 0.717) is 0 Å². The topological polar surface area (TPSA) is 26.3 Å². The molecule has 0 radical (unpaired) electrons. The van der Waals surface area contributed by atoms with Crippen molar-refractivity contribution in [1.29, 1.82) is 0 Å². The minimum atomic E-state index is 0.0342. The Labute approximate surface area is 126 Å². The Balaban J connectivity index is 2.12. The van der Waals surface area contributed by atoms with E-state index in [2.05, 4.69) is 13.0 Å². The van der Waals surface area contributed by atoms with E-state index < -0.39 is 0 Å². The molecule has 2 nitrogen and oxygen atoms in total. The Morgan fingerprint density at radius 3 is 2.33 bits per heavy atom. The van der Waals surface area contributed by atoms with Crippen molar-refractivity contribution in [3.05, 3.63) is 64.2 Å². The van der Waals surface area contributed by atoms with Crippen molar-refractivity contribution in [2.75, 3.05) is 6.61 Å². The molecule has 0 atom stereocenters. The molecule has 0 aromatic heterocycles. The van der Waals surface area contributed by atoms with Crippen molar-refractivity contribution in [1.82, 2.24) is 0 Å². The summed E-state index contributed by atoms with van der Waals surface area (Å²) in [5.41, 5.74) is 5.21. The van der Waals surface area contributed by atoms with E-state index in [1.165, 1.54) is 11.1 Å². The summed E-state index contributed by atoms with van der Waals surface area (Å²) in [7, 11) is 0. The van der Waals surface area contributed by atoms with Gasteiger partial charge in [0.15, 0.2) is 6.61 Å². The largest absolute Gasteiger partial charge is 0.485 e. The molecule has 0 N–H and O–H groups in total. The summed E-state index contributed by atoms with van der Waals surface area (Å²) in [6.07, 6.45) is 0.960. The third kappa shape index (κ3) is 3.72. The molecule has 0 fully saturated rings.